The van der Waals surface area contributed by atoms with Crippen LogP contribution < -0.4 is 5.32 Å². The van der Waals surface area contributed by atoms with E-state index < -0.39 is 11.3 Å². The lowest BCUT2D eigenvalue weighted by Crippen LogP contribution is -2.13. The van der Waals surface area contributed by atoms with Crippen LogP contribution in [0.15, 0.2) is 42.6 Å². The molecule has 0 spiro atoms. The normalized spacial score (nSPS) is 10.0. The van der Waals surface area contributed by atoms with Crippen molar-refractivity contribution in [2.75, 3.05) is 5.32 Å². The minimum Gasteiger partial charge on any atom is -0.444 e. The number of carbonyl (C=O) groups excluding carboxylic acids is 2. The molecule has 0 aliphatic rings. The highest BCUT2D eigenvalue weighted by atomic mass is 35.5. The number of pyridine rings is 1. The summed E-state index contributed by atoms with van der Waals surface area (Å²) in [6, 6.07) is 9.54. The van der Waals surface area contributed by atoms with Crippen LogP contribution in [0.1, 0.15) is 15.9 Å². The van der Waals surface area contributed by atoms with Crippen molar-refractivity contribution >= 4 is 40.2 Å². The topological polar surface area (TPSA) is 68.3 Å². The van der Waals surface area contributed by atoms with E-state index in [0.717, 1.165) is 0 Å². The summed E-state index contributed by atoms with van der Waals surface area (Å²) < 4.78 is 5.02. The third-order valence-corrected chi connectivity index (χ3v) is 2.94. The Labute approximate surface area is 130 Å². The average Bonchev–Trinajstić information content (AvgIpc) is 2.47. The van der Waals surface area contributed by atoms with Crippen LogP contribution in [0.25, 0.3) is 0 Å². The van der Waals surface area contributed by atoms with E-state index in [2.05, 4.69) is 10.3 Å². The van der Waals surface area contributed by atoms with Gasteiger partial charge in [-0.3, -0.25) is 10.1 Å². The maximum absolute atomic E-state index is 11.6. The number of carbonyl (C=O) groups is 2. The largest absolute Gasteiger partial charge is 0.444 e. The molecule has 0 unspecified atom stereocenters. The van der Waals surface area contributed by atoms with Crippen molar-refractivity contribution in [3.05, 3.63) is 58.9 Å². The van der Waals surface area contributed by atoms with E-state index in [4.69, 9.17) is 27.9 Å². The van der Waals surface area contributed by atoms with Gasteiger partial charge in [-0.15, -0.1) is 0 Å². The Morgan fingerprint density at radius 1 is 1.24 bits per heavy atom. The summed E-state index contributed by atoms with van der Waals surface area (Å²) >= 11 is 11.0. The van der Waals surface area contributed by atoms with Gasteiger partial charge in [-0.1, -0.05) is 23.7 Å². The van der Waals surface area contributed by atoms with Crippen LogP contribution in [0, 0.1) is 0 Å². The Hall–Kier alpha value is -2.11. The molecule has 21 heavy (non-hydrogen) atoms. The second-order valence-corrected chi connectivity index (χ2v) is 4.78. The molecule has 0 aliphatic heterocycles. The first-order valence-corrected chi connectivity index (χ1v) is 6.64. The molecule has 1 N–H and O–H groups in total. The summed E-state index contributed by atoms with van der Waals surface area (Å²) in [5.74, 6) is 0. The first-order chi connectivity index (χ1) is 10.0. The Morgan fingerprint density at radius 2 is 2.05 bits per heavy atom. The number of hydrogen-bond acceptors (Lipinski definition) is 4. The summed E-state index contributed by atoms with van der Waals surface area (Å²) in [7, 11) is 0. The zero-order chi connectivity index (χ0) is 15.2. The highest BCUT2D eigenvalue weighted by molar-refractivity contribution is 6.67. The van der Waals surface area contributed by atoms with Gasteiger partial charge < -0.3 is 4.74 Å². The molecule has 0 radical (unpaired) electrons. The average molecular weight is 325 g/mol. The van der Waals surface area contributed by atoms with E-state index in [-0.39, 0.29) is 12.2 Å². The number of benzene rings is 1. The van der Waals surface area contributed by atoms with E-state index in [9.17, 15) is 9.59 Å². The molecule has 1 heterocycles. The van der Waals surface area contributed by atoms with Crippen molar-refractivity contribution < 1.29 is 14.3 Å². The van der Waals surface area contributed by atoms with E-state index >= 15 is 0 Å². The maximum atomic E-state index is 11.6. The highest BCUT2D eigenvalue weighted by Gasteiger charge is 2.07. The number of aromatic nitrogens is 1. The van der Waals surface area contributed by atoms with Gasteiger partial charge in [0.2, 0.25) is 0 Å². The first-order valence-electron chi connectivity index (χ1n) is 5.89. The Morgan fingerprint density at radius 3 is 2.71 bits per heavy atom. The molecule has 0 atom stereocenters. The van der Waals surface area contributed by atoms with Gasteiger partial charge in [0.25, 0.3) is 5.24 Å². The van der Waals surface area contributed by atoms with E-state index in [1.54, 1.807) is 30.3 Å². The molecule has 0 aliphatic carbocycles. The van der Waals surface area contributed by atoms with Gasteiger partial charge >= 0.3 is 6.09 Å². The number of hydrogen-bond donors (Lipinski definition) is 1. The fraction of sp³-hybridized carbons (Fsp3) is 0.0714. The second kappa shape index (κ2) is 7.06. The Bertz CT molecular complexity index is 660. The number of ether oxygens (including phenoxy) is 1. The molecule has 5 nitrogen and oxygen atoms in total. The van der Waals surface area contributed by atoms with Crippen molar-refractivity contribution in [1.29, 1.82) is 0 Å². The summed E-state index contributed by atoms with van der Waals surface area (Å²) in [6.45, 7) is 0.0597. The maximum Gasteiger partial charge on any atom is 0.411 e. The molecular formula is C14H10Cl2N2O3. The first kappa shape index (κ1) is 15.3. The number of anilines is 1. The zero-order valence-corrected chi connectivity index (χ0v) is 12.2. The summed E-state index contributed by atoms with van der Waals surface area (Å²) in [4.78, 5) is 26.5. The van der Waals surface area contributed by atoms with Crippen molar-refractivity contribution in [1.82, 2.24) is 4.98 Å². The third-order valence-electron chi connectivity index (χ3n) is 2.49. The van der Waals surface area contributed by atoms with Gasteiger partial charge in [-0.25, -0.2) is 9.78 Å². The van der Waals surface area contributed by atoms with Gasteiger partial charge in [0, 0.05) is 23.0 Å². The molecule has 0 bridgehead atoms. The van der Waals surface area contributed by atoms with Crippen LogP contribution in [0.5, 0.6) is 0 Å². The van der Waals surface area contributed by atoms with Crippen molar-refractivity contribution in [2.24, 2.45) is 0 Å². The van der Waals surface area contributed by atoms with E-state index in [0.29, 0.717) is 16.4 Å². The van der Waals surface area contributed by atoms with Crippen LogP contribution in [0.3, 0.4) is 0 Å². The van der Waals surface area contributed by atoms with Gasteiger partial charge in [0.05, 0.1) is 0 Å². The monoisotopic (exact) mass is 324 g/mol. The van der Waals surface area contributed by atoms with Gasteiger partial charge in [0.15, 0.2) is 0 Å². The van der Waals surface area contributed by atoms with Gasteiger partial charge in [-0.2, -0.15) is 0 Å². The highest BCUT2D eigenvalue weighted by Crippen LogP contribution is 2.13. The molecule has 0 fully saturated rings. The SMILES string of the molecule is O=C(Nc1cccc(C(=O)Cl)c1)OCc1ccc(Cl)nc1. The van der Waals surface area contributed by atoms with E-state index in [1.165, 1.54) is 12.3 Å². The number of amides is 1. The van der Waals surface area contributed by atoms with Crippen molar-refractivity contribution in [3.63, 3.8) is 0 Å². The molecule has 2 aromatic rings. The Kier molecular flexibility index (Phi) is 5.14. The minimum absolute atomic E-state index is 0.0597. The molecule has 1 aromatic carbocycles. The lowest BCUT2D eigenvalue weighted by atomic mass is 10.2. The standard InChI is InChI=1S/C14H10Cl2N2O3/c15-12-5-4-9(7-17-12)8-21-14(20)18-11-3-1-2-10(6-11)13(16)19/h1-7H,8H2,(H,18,20). The predicted octanol–water partition coefficient (Wildman–Crippen LogP) is 3.86. The van der Waals surface area contributed by atoms with Crippen LogP contribution in [0.2, 0.25) is 5.15 Å². The molecule has 0 saturated carbocycles. The molecule has 108 valence electrons. The van der Waals surface area contributed by atoms with Gasteiger partial charge in [-0.05, 0) is 35.9 Å². The lowest BCUT2D eigenvalue weighted by molar-refractivity contribution is 0.108. The molecule has 1 aromatic heterocycles. The molecule has 2 rings (SSSR count). The number of rotatable bonds is 4. The summed E-state index contributed by atoms with van der Waals surface area (Å²) in [5, 5.41) is 2.27. The van der Waals surface area contributed by atoms with E-state index in [1.807, 2.05) is 0 Å². The zero-order valence-electron chi connectivity index (χ0n) is 10.7. The summed E-state index contributed by atoms with van der Waals surface area (Å²) in [6.07, 6.45) is 0.867. The van der Waals surface area contributed by atoms with Crippen LogP contribution in [-0.2, 0) is 11.3 Å². The fourth-order valence-electron chi connectivity index (χ4n) is 1.51. The predicted molar refractivity (Wildman–Crippen MR) is 79.7 cm³/mol. The fourth-order valence-corrected chi connectivity index (χ4v) is 1.74. The molecule has 0 saturated heterocycles. The lowest BCUT2D eigenvalue weighted by Gasteiger charge is -2.07. The van der Waals surface area contributed by atoms with Crippen molar-refractivity contribution in [3.8, 4) is 0 Å². The molecular weight excluding hydrogens is 315 g/mol. The number of halogens is 2. The van der Waals surface area contributed by atoms with Crippen molar-refractivity contribution in [2.45, 2.75) is 6.61 Å². The van der Waals surface area contributed by atoms with Gasteiger partial charge in [0.1, 0.15) is 11.8 Å². The van der Waals surface area contributed by atoms with Crippen LogP contribution >= 0.6 is 23.2 Å². The molecule has 7 heteroatoms. The quantitative estimate of drug-likeness (QED) is 0.684. The number of nitrogens with zero attached hydrogens (tertiary/aromatic N) is 1. The minimum atomic E-state index is -0.649. The van der Waals surface area contributed by atoms with Crippen LogP contribution in [-0.4, -0.2) is 16.3 Å². The second-order valence-electron chi connectivity index (χ2n) is 4.04. The molecule has 1 amide bonds. The smallest absolute Gasteiger partial charge is 0.411 e. The Balaban J connectivity index is 1.91. The number of nitrogens with one attached hydrogen (secondary N) is 1. The van der Waals surface area contributed by atoms with Crippen LogP contribution in [0.4, 0.5) is 10.5 Å². The third kappa shape index (κ3) is 4.73. The summed E-state index contributed by atoms with van der Waals surface area (Å²) in [5.41, 5.74) is 1.41.